The third-order valence-corrected chi connectivity index (χ3v) is 7.47. The Hall–Kier alpha value is -4.12. The molecule has 6 aromatic rings. The fourth-order valence-corrected chi connectivity index (χ4v) is 5.77. The smallest absolute Gasteiger partial charge is 0.387 e. The van der Waals surface area contributed by atoms with Crippen molar-refractivity contribution in [1.82, 2.24) is 0 Å². The van der Waals surface area contributed by atoms with Crippen LogP contribution in [0.1, 0.15) is 5.56 Å². The third kappa shape index (κ3) is 4.14. The van der Waals surface area contributed by atoms with Crippen molar-refractivity contribution in [3.8, 4) is 17.2 Å². The SMILES string of the molecule is COc1cc(COp2oc3ccc4ccccc4c3c3c(ccc4ccccc43)o2)cc(OC)c1OC. The van der Waals surface area contributed by atoms with Crippen molar-refractivity contribution in [2.45, 2.75) is 6.61 Å². The summed E-state index contributed by atoms with van der Waals surface area (Å²) in [5.41, 5.74) is 2.29. The maximum absolute atomic E-state index is 6.41. The standard InChI is InChI=1S/C30H25O6P/c1-31-26-16-19(17-27(32-2)30(26)33-3)18-34-37-35-24-14-12-20-8-4-6-10-22(20)28(24)29-23-11-7-5-9-21(23)13-15-25(29)36-37/h4-17H,18H2,1-3H3. The Morgan fingerprint density at radius 3 is 1.62 bits per heavy atom. The van der Waals surface area contributed by atoms with E-state index >= 15 is 0 Å². The van der Waals surface area contributed by atoms with Crippen LogP contribution in [0.3, 0.4) is 0 Å². The summed E-state index contributed by atoms with van der Waals surface area (Å²) >= 11 is 0. The molecule has 186 valence electrons. The molecular formula is C30H25O6P. The Morgan fingerprint density at radius 1 is 0.622 bits per heavy atom. The van der Waals surface area contributed by atoms with E-state index in [2.05, 4.69) is 36.4 Å². The van der Waals surface area contributed by atoms with Crippen molar-refractivity contribution in [1.29, 1.82) is 0 Å². The van der Waals surface area contributed by atoms with E-state index in [0.29, 0.717) is 17.2 Å². The van der Waals surface area contributed by atoms with Crippen LogP contribution in [0.4, 0.5) is 0 Å². The van der Waals surface area contributed by atoms with Crippen molar-refractivity contribution < 1.29 is 27.1 Å². The molecule has 1 aromatic heterocycles. The molecule has 0 saturated heterocycles. The van der Waals surface area contributed by atoms with E-state index in [4.69, 9.17) is 27.1 Å². The van der Waals surface area contributed by atoms with Crippen LogP contribution in [-0.4, -0.2) is 21.3 Å². The van der Waals surface area contributed by atoms with Crippen molar-refractivity contribution in [2.75, 3.05) is 21.3 Å². The first-order valence-electron chi connectivity index (χ1n) is 11.8. The van der Waals surface area contributed by atoms with E-state index < -0.39 is 8.24 Å². The van der Waals surface area contributed by atoms with Gasteiger partial charge in [0.1, 0.15) is 11.2 Å². The van der Waals surface area contributed by atoms with Gasteiger partial charge in [-0.25, -0.2) is 0 Å². The highest BCUT2D eigenvalue weighted by molar-refractivity contribution is 7.31. The fraction of sp³-hybridized carbons (Fsp3) is 0.133. The summed E-state index contributed by atoms with van der Waals surface area (Å²) in [4.78, 5) is 0. The number of rotatable bonds is 6. The summed E-state index contributed by atoms with van der Waals surface area (Å²) in [6.07, 6.45) is 0. The third-order valence-electron chi connectivity index (χ3n) is 6.44. The minimum atomic E-state index is -1.76. The van der Waals surface area contributed by atoms with Gasteiger partial charge in [0.05, 0.1) is 27.9 Å². The van der Waals surface area contributed by atoms with Crippen molar-refractivity contribution in [2.24, 2.45) is 0 Å². The topological polar surface area (TPSA) is 63.2 Å². The van der Waals surface area contributed by atoms with E-state index in [1.165, 1.54) is 0 Å². The van der Waals surface area contributed by atoms with Crippen LogP contribution in [0.15, 0.2) is 93.3 Å². The molecule has 0 amide bonds. The van der Waals surface area contributed by atoms with E-state index in [0.717, 1.165) is 49.0 Å². The van der Waals surface area contributed by atoms with E-state index in [9.17, 15) is 0 Å². The molecule has 0 radical (unpaired) electrons. The normalized spacial score (nSPS) is 11.3. The van der Waals surface area contributed by atoms with Gasteiger partial charge in [-0.1, -0.05) is 60.7 Å². The van der Waals surface area contributed by atoms with Gasteiger partial charge in [-0.15, -0.1) is 0 Å². The van der Waals surface area contributed by atoms with Gasteiger partial charge in [-0.05, 0) is 51.4 Å². The summed E-state index contributed by atoms with van der Waals surface area (Å²) in [6.45, 7) is 0.230. The Labute approximate surface area is 214 Å². The lowest BCUT2D eigenvalue weighted by molar-refractivity contribution is 0.320. The second-order valence-electron chi connectivity index (χ2n) is 8.53. The van der Waals surface area contributed by atoms with Crippen LogP contribution in [0.5, 0.6) is 17.2 Å². The molecule has 6 nitrogen and oxygen atoms in total. The molecule has 0 saturated carbocycles. The molecule has 1 heterocycles. The number of benzene rings is 5. The van der Waals surface area contributed by atoms with Crippen LogP contribution in [-0.2, 0) is 6.61 Å². The average Bonchev–Trinajstić information content (AvgIpc) is 3.12. The van der Waals surface area contributed by atoms with E-state index in [1.54, 1.807) is 21.3 Å². The Balaban J connectivity index is 1.55. The van der Waals surface area contributed by atoms with E-state index in [-0.39, 0.29) is 6.61 Å². The molecule has 0 N–H and O–H groups in total. The Kier molecular flexibility index (Phi) is 6.13. The molecule has 6 rings (SSSR count). The van der Waals surface area contributed by atoms with Crippen LogP contribution in [0.25, 0.3) is 43.5 Å². The van der Waals surface area contributed by atoms with E-state index in [1.807, 2.05) is 48.5 Å². The predicted molar refractivity (Wildman–Crippen MR) is 148 cm³/mol. The predicted octanol–water partition coefficient (Wildman–Crippen LogP) is 8.25. The zero-order valence-corrected chi connectivity index (χ0v) is 21.6. The van der Waals surface area contributed by atoms with Gasteiger partial charge in [0, 0.05) is 10.8 Å². The van der Waals surface area contributed by atoms with Gasteiger partial charge < -0.3 is 22.6 Å². The van der Waals surface area contributed by atoms with Crippen molar-refractivity contribution in [3.63, 3.8) is 0 Å². The first-order chi connectivity index (χ1) is 18.2. The molecular weight excluding hydrogens is 487 g/mol. The summed E-state index contributed by atoms with van der Waals surface area (Å²) < 4.78 is 35.5. The molecule has 0 unspecified atom stereocenters. The zero-order chi connectivity index (χ0) is 25.4. The minimum absolute atomic E-state index is 0.230. The molecule has 0 atom stereocenters. The Bertz CT molecular complexity index is 1680. The highest BCUT2D eigenvalue weighted by atomic mass is 31.1. The molecule has 0 fully saturated rings. The molecule has 0 spiro atoms. The number of ether oxygens (including phenoxy) is 3. The van der Waals surface area contributed by atoms with Crippen molar-refractivity contribution >= 4 is 51.7 Å². The monoisotopic (exact) mass is 512 g/mol. The lowest BCUT2D eigenvalue weighted by Gasteiger charge is -2.13. The minimum Gasteiger partial charge on any atom is -0.493 e. The fourth-order valence-electron chi connectivity index (χ4n) is 4.75. The highest BCUT2D eigenvalue weighted by Gasteiger charge is 2.16. The second kappa shape index (κ2) is 9.74. The zero-order valence-electron chi connectivity index (χ0n) is 20.7. The summed E-state index contributed by atoms with van der Waals surface area (Å²) in [5, 5.41) is 6.48. The van der Waals surface area contributed by atoms with Crippen LogP contribution >= 0.6 is 8.24 Å². The average molecular weight is 512 g/mol. The first-order valence-corrected chi connectivity index (χ1v) is 12.9. The van der Waals surface area contributed by atoms with Gasteiger partial charge >= 0.3 is 8.24 Å². The van der Waals surface area contributed by atoms with Crippen LogP contribution < -0.4 is 18.7 Å². The summed E-state index contributed by atoms with van der Waals surface area (Å²) in [7, 11) is 3.00. The number of hydrogen-bond acceptors (Lipinski definition) is 6. The quantitative estimate of drug-likeness (QED) is 0.224. The maximum Gasteiger partial charge on any atom is 0.387 e. The van der Waals surface area contributed by atoms with Gasteiger partial charge in [0.15, 0.2) is 11.5 Å². The number of hydrogen-bond donors (Lipinski definition) is 0. The van der Waals surface area contributed by atoms with Crippen LogP contribution in [0, 0.1) is 0 Å². The van der Waals surface area contributed by atoms with Crippen LogP contribution in [0.2, 0.25) is 0 Å². The van der Waals surface area contributed by atoms with Gasteiger partial charge in [-0.3, -0.25) is 4.52 Å². The summed E-state index contributed by atoms with van der Waals surface area (Å²) in [5.74, 6) is 1.65. The highest BCUT2D eigenvalue weighted by Crippen LogP contribution is 2.42. The molecule has 0 aliphatic heterocycles. The lowest BCUT2D eigenvalue weighted by Crippen LogP contribution is -1.99. The van der Waals surface area contributed by atoms with Gasteiger partial charge in [0.2, 0.25) is 5.75 Å². The van der Waals surface area contributed by atoms with Gasteiger partial charge in [-0.2, -0.15) is 0 Å². The maximum atomic E-state index is 6.41. The molecule has 5 aromatic carbocycles. The van der Waals surface area contributed by atoms with Gasteiger partial charge in [0.25, 0.3) is 0 Å². The Morgan fingerprint density at radius 2 is 1.14 bits per heavy atom. The second-order valence-corrected chi connectivity index (χ2v) is 9.60. The molecule has 0 bridgehead atoms. The first kappa shape index (κ1) is 23.3. The summed E-state index contributed by atoms with van der Waals surface area (Å²) in [6, 6.07) is 28.5. The molecule has 7 heteroatoms. The lowest BCUT2D eigenvalue weighted by atomic mass is 9.99. The number of methoxy groups -OCH3 is 3. The molecule has 0 aliphatic rings. The van der Waals surface area contributed by atoms with Crippen molar-refractivity contribution in [3.05, 3.63) is 90.5 Å². The molecule has 37 heavy (non-hydrogen) atoms. The largest absolute Gasteiger partial charge is 0.493 e. The number of fused-ring (bicyclic) bond motifs is 7. The molecule has 0 aliphatic carbocycles.